The summed E-state index contributed by atoms with van der Waals surface area (Å²) in [5.41, 5.74) is 0.516. The molecule has 15 nitrogen and oxygen atoms in total. The predicted octanol–water partition coefficient (Wildman–Crippen LogP) is 5.23. The van der Waals surface area contributed by atoms with E-state index in [4.69, 9.17) is 52.1 Å². The van der Waals surface area contributed by atoms with E-state index >= 15 is 0 Å². The summed E-state index contributed by atoms with van der Waals surface area (Å²) in [5, 5.41) is 34.8. The molecule has 0 aromatic carbocycles. The molecule has 7 aliphatic rings. The number of rotatable bonds is 9. The summed E-state index contributed by atoms with van der Waals surface area (Å²) >= 11 is 0. The highest BCUT2D eigenvalue weighted by molar-refractivity contribution is 5.78. The van der Waals surface area contributed by atoms with Crippen LogP contribution in [0.25, 0.3) is 0 Å². The Bertz CT molecular complexity index is 1730. The van der Waals surface area contributed by atoms with Crippen molar-refractivity contribution in [2.75, 3.05) is 27.9 Å². The highest BCUT2D eigenvalue weighted by Crippen LogP contribution is 2.48. The lowest BCUT2D eigenvalue weighted by Crippen LogP contribution is -2.60. The van der Waals surface area contributed by atoms with E-state index in [2.05, 4.69) is 26.8 Å². The Morgan fingerprint density at radius 2 is 1.56 bits per heavy atom. The first-order chi connectivity index (χ1) is 30.4. The van der Waals surface area contributed by atoms with Gasteiger partial charge in [0.2, 0.25) is 0 Å². The molecule has 0 radical (unpaired) electrons. The minimum absolute atomic E-state index is 0.0971. The second kappa shape index (κ2) is 20.6. The molecule has 0 saturated carbocycles. The molecule has 3 N–H and O–H groups in total. The minimum atomic E-state index is -1.74. The minimum Gasteiger partial charge on any atom is -0.462 e. The number of esters is 1. The van der Waals surface area contributed by atoms with Crippen LogP contribution >= 0.6 is 0 Å². The van der Waals surface area contributed by atoms with Crippen LogP contribution in [-0.4, -0.2) is 153 Å². The molecule has 64 heavy (non-hydrogen) atoms. The molecule has 0 amide bonds. The van der Waals surface area contributed by atoms with Crippen molar-refractivity contribution in [2.45, 2.75) is 204 Å². The average Bonchev–Trinajstić information content (AvgIpc) is 3.59. The van der Waals surface area contributed by atoms with Gasteiger partial charge in [0.1, 0.15) is 42.0 Å². The third-order valence-electron chi connectivity index (χ3n) is 15.3. The highest BCUT2D eigenvalue weighted by atomic mass is 16.7. The number of aliphatic hydroxyl groups excluding tert-OH is 2. The van der Waals surface area contributed by atoms with E-state index in [0.717, 1.165) is 17.6 Å². The van der Waals surface area contributed by atoms with Gasteiger partial charge in [0.15, 0.2) is 18.4 Å². The summed E-state index contributed by atoms with van der Waals surface area (Å²) in [6.07, 6.45) is 4.40. The second-order valence-electron chi connectivity index (χ2n) is 19.7. The van der Waals surface area contributed by atoms with Gasteiger partial charge >= 0.3 is 5.97 Å². The van der Waals surface area contributed by atoms with E-state index in [1.165, 1.54) is 0 Å². The van der Waals surface area contributed by atoms with E-state index < -0.39 is 103 Å². The molecule has 5 saturated heterocycles. The zero-order chi connectivity index (χ0) is 46.2. The fourth-order valence-corrected chi connectivity index (χ4v) is 11.3. The number of aliphatic hydroxyl groups is 3. The Hall–Kier alpha value is -2.09. The number of fused-ring (bicyclic) bond motifs is 2. The van der Waals surface area contributed by atoms with Crippen LogP contribution in [0.2, 0.25) is 0 Å². The molecule has 15 heteroatoms. The van der Waals surface area contributed by atoms with Gasteiger partial charge in [-0.25, -0.2) is 0 Å². The van der Waals surface area contributed by atoms with Crippen LogP contribution in [0.5, 0.6) is 0 Å². The highest BCUT2D eigenvalue weighted by Gasteiger charge is 2.61. The molecular weight excluding hydrogens is 829 g/mol. The van der Waals surface area contributed by atoms with Crippen molar-refractivity contribution in [1.29, 1.82) is 0 Å². The number of carbonyl (C=O) groups excluding carboxylic acids is 1. The van der Waals surface area contributed by atoms with E-state index in [0.29, 0.717) is 31.3 Å². The van der Waals surface area contributed by atoms with Gasteiger partial charge in [0.25, 0.3) is 0 Å². The van der Waals surface area contributed by atoms with Gasteiger partial charge in [0.05, 0.1) is 55.4 Å². The van der Waals surface area contributed by atoms with Crippen LogP contribution in [-0.2, 0) is 56.9 Å². The molecule has 1 aliphatic carbocycles. The molecule has 6 heterocycles. The maximum Gasteiger partial charge on any atom is 0.316 e. The van der Waals surface area contributed by atoms with Crippen LogP contribution in [0, 0.1) is 23.7 Å². The number of allylic oxidation sites excluding steroid dienone is 2. The molecule has 21 atom stereocenters. The number of methoxy groups -OCH3 is 3. The predicted molar refractivity (Wildman–Crippen MR) is 234 cm³/mol. The van der Waals surface area contributed by atoms with Gasteiger partial charge in [0, 0.05) is 65.3 Å². The van der Waals surface area contributed by atoms with Crippen molar-refractivity contribution in [3.05, 3.63) is 47.1 Å². The zero-order valence-electron chi connectivity index (χ0n) is 39.8. The Labute approximate surface area is 379 Å². The van der Waals surface area contributed by atoms with E-state index in [9.17, 15) is 20.1 Å². The number of ether oxygens (including phenoxy) is 11. The van der Waals surface area contributed by atoms with E-state index in [-0.39, 0.29) is 49.4 Å². The van der Waals surface area contributed by atoms with E-state index in [1.54, 1.807) is 34.3 Å². The smallest absolute Gasteiger partial charge is 0.316 e. The molecule has 1 unspecified atom stereocenters. The Balaban J connectivity index is 1.20. The maximum absolute atomic E-state index is 14.5. The maximum atomic E-state index is 14.5. The van der Waals surface area contributed by atoms with Gasteiger partial charge < -0.3 is 67.4 Å². The Morgan fingerprint density at radius 1 is 0.859 bits per heavy atom. The molecule has 0 aromatic heterocycles. The number of carbonyl (C=O) groups is 1. The molecule has 2 bridgehead atoms. The van der Waals surface area contributed by atoms with Crippen molar-refractivity contribution >= 4 is 5.97 Å². The standard InChI is InChI=1S/C49H76O15/c1-12-25(2)43-29(6)36(50)23-48(64-43)22-34-19-33(63-48)17-16-27(4)42(61-40-21-38(55-10)45(31(8)59-40)62-39-20-37(54-9)41(51)30(7)58-39)26(3)14-13-15-32-24-57-46-44(56-11)28(5)18-35(47(52)60-34)49(32,46)53/h13-16,18,25-26,29-31,33-46,50-51,53H,12,17,19-24H2,1-11H3/b14-13-,27-16-,32-15-/t25-,26-,29-,30-,31-,33+,34-,35-,36?,37-,38-,39-,40-,41-,42-,43+,44+,45-,46+,48-,49+/m0/s1. The van der Waals surface area contributed by atoms with Crippen LogP contribution < -0.4 is 0 Å². The average molecular weight is 905 g/mol. The lowest BCUT2D eigenvalue weighted by Gasteiger charge is -2.52. The summed E-state index contributed by atoms with van der Waals surface area (Å²) in [6, 6.07) is 0. The summed E-state index contributed by atoms with van der Waals surface area (Å²) in [5.74, 6) is -2.98. The first kappa shape index (κ1) is 49.8. The van der Waals surface area contributed by atoms with E-state index in [1.807, 2.05) is 45.9 Å². The first-order valence-corrected chi connectivity index (χ1v) is 23.6. The number of hydrogen-bond acceptors (Lipinski definition) is 15. The van der Waals surface area contributed by atoms with Crippen molar-refractivity contribution in [1.82, 2.24) is 0 Å². The largest absolute Gasteiger partial charge is 0.462 e. The molecule has 362 valence electrons. The monoisotopic (exact) mass is 905 g/mol. The van der Waals surface area contributed by atoms with Gasteiger partial charge in [-0.2, -0.15) is 0 Å². The van der Waals surface area contributed by atoms with Gasteiger partial charge in [-0.3, -0.25) is 4.79 Å². The lowest BCUT2D eigenvalue weighted by atomic mass is 9.70. The molecule has 1 spiro atoms. The van der Waals surface area contributed by atoms with Crippen LogP contribution in [0.1, 0.15) is 100 Å². The topological polar surface area (TPSA) is 179 Å². The summed E-state index contributed by atoms with van der Waals surface area (Å²) < 4.78 is 69.9. The zero-order valence-corrected chi connectivity index (χ0v) is 39.8. The molecular formula is C49H76O15. The van der Waals surface area contributed by atoms with Gasteiger partial charge in [-0.05, 0) is 56.8 Å². The molecule has 6 aliphatic heterocycles. The second-order valence-corrected chi connectivity index (χ2v) is 19.7. The summed E-state index contributed by atoms with van der Waals surface area (Å²) in [4.78, 5) is 14.5. The first-order valence-electron chi connectivity index (χ1n) is 23.6. The SMILES string of the molecule is CC[C@H](C)[C@H]1O[C@]2(CC(O)[C@@H]1C)C[C@@H]1C[C@@H](C/C=C(/C)[C@@H](O[C@H]3C[C@H](OC)[C@@H](O[C@H]4C[C@H](OC)[C@@H](O)[C@H](C)O4)[C@H](C)O3)[C@@H](C)/C=C\C=C3\CO[C@@H]4[C@H](OC)C(C)=C[C@@H](C(=O)O1)[C@]34O)O2. The normalized spacial score (nSPS) is 49.4. The molecule has 0 aromatic rings. The third-order valence-corrected chi connectivity index (χ3v) is 15.3. The fraction of sp³-hybridized carbons (Fsp3) is 0.816. The molecule has 5 fully saturated rings. The van der Waals surface area contributed by atoms with Crippen LogP contribution in [0.15, 0.2) is 47.1 Å². The Morgan fingerprint density at radius 3 is 2.27 bits per heavy atom. The van der Waals surface area contributed by atoms with Crippen LogP contribution in [0.4, 0.5) is 0 Å². The van der Waals surface area contributed by atoms with Gasteiger partial charge in [-0.1, -0.05) is 64.5 Å². The van der Waals surface area contributed by atoms with Crippen molar-refractivity contribution in [2.24, 2.45) is 23.7 Å². The van der Waals surface area contributed by atoms with Crippen molar-refractivity contribution in [3.63, 3.8) is 0 Å². The third kappa shape index (κ3) is 10.0. The van der Waals surface area contributed by atoms with Crippen molar-refractivity contribution in [3.8, 4) is 0 Å². The summed E-state index contributed by atoms with van der Waals surface area (Å²) in [7, 11) is 4.79. The summed E-state index contributed by atoms with van der Waals surface area (Å²) in [6.45, 7) is 16.1. The molecule has 7 rings (SSSR count). The van der Waals surface area contributed by atoms with Crippen molar-refractivity contribution < 1.29 is 72.2 Å². The fourth-order valence-electron chi connectivity index (χ4n) is 11.3. The van der Waals surface area contributed by atoms with Crippen LogP contribution in [0.3, 0.4) is 0 Å². The lowest BCUT2D eigenvalue weighted by molar-refractivity contribution is -0.354. The van der Waals surface area contributed by atoms with Gasteiger partial charge in [-0.15, -0.1) is 0 Å². The Kier molecular flexibility index (Phi) is 16.1. The quantitative estimate of drug-likeness (QED) is 0.202. The number of hydrogen-bond donors (Lipinski definition) is 3.